The van der Waals surface area contributed by atoms with Crippen LogP contribution in [-0.4, -0.2) is 34.7 Å². The van der Waals surface area contributed by atoms with E-state index in [-0.39, 0.29) is 12.3 Å². The Kier molecular flexibility index (Phi) is 3.54. The van der Waals surface area contributed by atoms with Crippen molar-refractivity contribution in [1.29, 1.82) is 0 Å². The van der Waals surface area contributed by atoms with Crippen molar-refractivity contribution in [3.05, 3.63) is 28.3 Å². The van der Waals surface area contributed by atoms with Crippen LogP contribution in [-0.2, 0) is 0 Å². The Bertz CT molecular complexity index is 635. The third-order valence-electron chi connectivity index (χ3n) is 3.71. The number of hydrogen-bond acceptors (Lipinski definition) is 6. The van der Waals surface area contributed by atoms with Gasteiger partial charge in [-0.15, -0.1) is 0 Å². The summed E-state index contributed by atoms with van der Waals surface area (Å²) in [6, 6.07) is 4.80. The van der Waals surface area contributed by atoms with Crippen LogP contribution in [0.1, 0.15) is 12.8 Å². The van der Waals surface area contributed by atoms with Gasteiger partial charge in [0.2, 0.25) is 0 Å². The van der Waals surface area contributed by atoms with Crippen LogP contribution in [0.2, 0.25) is 0 Å². The molecule has 0 spiro atoms. The number of nitro groups is 1. The highest BCUT2D eigenvalue weighted by Crippen LogP contribution is 2.33. The second-order valence-electron chi connectivity index (χ2n) is 5.02. The zero-order chi connectivity index (χ0) is 14.1. The molecule has 1 aliphatic rings. The van der Waals surface area contributed by atoms with E-state index >= 15 is 0 Å². The number of nitrogens with zero attached hydrogens (tertiary/aromatic N) is 3. The highest BCUT2D eigenvalue weighted by atomic mass is 32.1. The Labute approximate surface area is 119 Å². The third-order valence-corrected chi connectivity index (χ3v) is 4.81. The summed E-state index contributed by atoms with van der Waals surface area (Å²) in [6.07, 6.45) is 1.93. The van der Waals surface area contributed by atoms with E-state index in [4.69, 9.17) is 5.11 Å². The second kappa shape index (κ2) is 5.34. The lowest BCUT2D eigenvalue weighted by Gasteiger charge is -2.30. The molecule has 1 aromatic carbocycles. The molecule has 0 amide bonds. The average molecular weight is 293 g/mol. The summed E-state index contributed by atoms with van der Waals surface area (Å²) in [6.45, 7) is 2.01. The van der Waals surface area contributed by atoms with E-state index in [1.807, 2.05) is 0 Å². The predicted octanol–water partition coefficient (Wildman–Crippen LogP) is 2.41. The molecule has 0 unspecified atom stereocenters. The number of hydrogen-bond donors (Lipinski definition) is 1. The lowest BCUT2D eigenvalue weighted by molar-refractivity contribution is -0.384. The number of piperidine rings is 1. The van der Waals surface area contributed by atoms with E-state index < -0.39 is 4.92 Å². The van der Waals surface area contributed by atoms with E-state index in [1.165, 1.54) is 12.1 Å². The standard InChI is InChI=1S/C13H15N3O3S/c17-8-9-3-5-15(6-4-9)13-14-11-7-10(16(18)19)1-2-12(11)20-13/h1-2,7,9,17H,3-6,8H2. The van der Waals surface area contributed by atoms with Crippen molar-refractivity contribution < 1.29 is 10.0 Å². The fourth-order valence-corrected chi connectivity index (χ4v) is 3.46. The van der Waals surface area contributed by atoms with E-state index in [1.54, 1.807) is 17.4 Å². The summed E-state index contributed by atoms with van der Waals surface area (Å²) in [7, 11) is 0. The minimum absolute atomic E-state index is 0.0772. The van der Waals surface area contributed by atoms with E-state index in [0.29, 0.717) is 11.4 Å². The molecule has 3 rings (SSSR count). The van der Waals surface area contributed by atoms with Crippen molar-refractivity contribution in [2.24, 2.45) is 5.92 Å². The van der Waals surface area contributed by atoms with Gasteiger partial charge >= 0.3 is 0 Å². The largest absolute Gasteiger partial charge is 0.396 e. The molecule has 1 fully saturated rings. The van der Waals surface area contributed by atoms with Gasteiger partial charge in [-0.3, -0.25) is 10.1 Å². The lowest BCUT2D eigenvalue weighted by atomic mass is 9.98. The molecular weight excluding hydrogens is 278 g/mol. The molecule has 0 saturated carbocycles. The van der Waals surface area contributed by atoms with Gasteiger partial charge < -0.3 is 10.0 Å². The van der Waals surface area contributed by atoms with Gasteiger partial charge in [-0.05, 0) is 24.8 Å². The van der Waals surface area contributed by atoms with Gasteiger partial charge in [0, 0.05) is 31.8 Å². The first kappa shape index (κ1) is 13.3. The average Bonchev–Trinajstić information content (AvgIpc) is 2.90. The van der Waals surface area contributed by atoms with E-state index in [2.05, 4.69) is 9.88 Å². The maximum absolute atomic E-state index is 10.8. The third kappa shape index (κ3) is 2.46. The van der Waals surface area contributed by atoms with Crippen molar-refractivity contribution in [1.82, 2.24) is 4.98 Å². The minimum Gasteiger partial charge on any atom is -0.396 e. The summed E-state index contributed by atoms with van der Waals surface area (Å²) in [5, 5.41) is 20.8. The van der Waals surface area contributed by atoms with Crippen LogP contribution < -0.4 is 4.90 Å². The van der Waals surface area contributed by atoms with Crippen LogP contribution in [0.3, 0.4) is 0 Å². The van der Waals surface area contributed by atoms with Gasteiger partial charge in [-0.2, -0.15) is 0 Å². The first-order valence-electron chi connectivity index (χ1n) is 6.58. The van der Waals surface area contributed by atoms with Gasteiger partial charge in [0.15, 0.2) is 5.13 Å². The van der Waals surface area contributed by atoms with E-state index in [9.17, 15) is 10.1 Å². The van der Waals surface area contributed by atoms with Crippen molar-refractivity contribution >= 4 is 32.4 Å². The summed E-state index contributed by atoms with van der Waals surface area (Å²) in [5.74, 6) is 0.390. The zero-order valence-corrected chi connectivity index (χ0v) is 11.7. The Hall–Kier alpha value is -1.73. The summed E-state index contributed by atoms with van der Waals surface area (Å²) < 4.78 is 0.967. The Morgan fingerprint density at radius 3 is 2.85 bits per heavy atom. The number of thiazole rings is 1. The number of aromatic nitrogens is 1. The number of rotatable bonds is 3. The Morgan fingerprint density at radius 2 is 2.20 bits per heavy atom. The van der Waals surface area contributed by atoms with Crippen molar-refractivity contribution in [3.63, 3.8) is 0 Å². The summed E-state index contributed by atoms with van der Waals surface area (Å²) in [5.41, 5.74) is 0.761. The molecule has 20 heavy (non-hydrogen) atoms. The maximum atomic E-state index is 10.8. The quantitative estimate of drug-likeness (QED) is 0.694. The number of fused-ring (bicyclic) bond motifs is 1. The minimum atomic E-state index is -0.398. The van der Waals surface area contributed by atoms with Gasteiger partial charge in [-0.25, -0.2) is 4.98 Å². The molecule has 0 radical (unpaired) electrons. The molecule has 1 aromatic heterocycles. The molecule has 106 valence electrons. The molecule has 0 atom stereocenters. The van der Waals surface area contributed by atoms with Crippen LogP contribution in [0.25, 0.3) is 10.2 Å². The van der Waals surface area contributed by atoms with Crippen LogP contribution in [0, 0.1) is 16.0 Å². The van der Waals surface area contributed by atoms with Crippen LogP contribution in [0.4, 0.5) is 10.8 Å². The molecular formula is C13H15N3O3S. The lowest BCUT2D eigenvalue weighted by Crippen LogP contribution is -2.34. The molecule has 2 heterocycles. The van der Waals surface area contributed by atoms with Gasteiger partial charge in [-0.1, -0.05) is 11.3 Å². The number of aliphatic hydroxyl groups is 1. The molecule has 1 N–H and O–H groups in total. The fourth-order valence-electron chi connectivity index (χ4n) is 2.46. The smallest absolute Gasteiger partial charge is 0.271 e. The molecule has 6 nitrogen and oxygen atoms in total. The number of aliphatic hydroxyl groups excluding tert-OH is 1. The highest BCUT2D eigenvalue weighted by Gasteiger charge is 2.21. The topological polar surface area (TPSA) is 79.5 Å². The number of benzene rings is 1. The monoisotopic (exact) mass is 293 g/mol. The van der Waals surface area contributed by atoms with Crippen LogP contribution in [0.5, 0.6) is 0 Å². The predicted molar refractivity (Wildman–Crippen MR) is 78.3 cm³/mol. The number of anilines is 1. The van der Waals surface area contributed by atoms with E-state index in [0.717, 1.165) is 35.8 Å². The zero-order valence-electron chi connectivity index (χ0n) is 10.9. The molecule has 2 aromatic rings. The van der Waals surface area contributed by atoms with Crippen molar-refractivity contribution in [2.75, 3.05) is 24.6 Å². The Morgan fingerprint density at radius 1 is 1.45 bits per heavy atom. The maximum Gasteiger partial charge on any atom is 0.271 e. The number of nitro benzene ring substituents is 1. The molecule has 7 heteroatoms. The molecule has 0 aliphatic carbocycles. The van der Waals surface area contributed by atoms with Crippen LogP contribution >= 0.6 is 11.3 Å². The Balaban J connectivity index is 1.84. The second-order valence-corrected chi connectivity index (χ2v) is 6.03. The summed E-state index contributed by atoms with van der Waals surface area (Å²) in [4.78, 5) is 17.1. The first-order chi connectivity index (χ1) is 9.67. The summed E-state index contributed by atoms with van der Waals surface area (Å²) >= 11 is 1.56. The normalized spacial score (nSPS) is 16.8. The highest BCUT2D eigenvalue weighted by molar-refractivity contribution is 7.22. The van der Waals surface area contributed by atoms with Crippen LogP contribution in [0.15, 0.2) is 18.2 Å². The molecule has 1 aliphatic heterocycles. The molecule has 0 bridgehead atoms. The number of non-ortho nitro benzene ring substituents is 1. The molecule has 1 saturated heterocycles. The van der Waals surface area contributed by atoms with Gasteiger partial charge in [0.25, 0.3) is 5.69 Å². The first-order valence-corrected chi connectivity index (χ1v) is 7.40. The fraction of sp³-hybridized carbons (Fsp3) is 0.462. The van der Waals surface area contributed by atoms with Gasteiger partial charge in [0.1, 0.15) is 0 Å². The van der Waals surface area contributed by atoms with Crippen molar-refractivity contribution in [3.8, 4) is 0 Å². The SMILES string of the molecule is O=[N+]([O-])c1ccc2sc(N3CCC(CO)CC3)nc2c1. The van der Waals surface area contributed by atoms with Crippen molar-refractivity contribution in [2.45, 2.75) is 12.8 Å². The van der Waals surface area contributed by atoms with Gasteiger partial charge in [0.05, 0.1) is 15.1 Å².